The second-order valence-corrected chi connectivity index (χ2v) is 3.27. The Hall–Kier alpha value is -0.800. The average Bonchev–Trinajstić information content (AvgIpc) is 2.18. The van der Waals surface area contributed by atoms with Crippen molar-refractivity contribution in [3.8, 4) is 5.75 Å². The maximum atomic E-state index is 12.4. The molecule has 2 rings (SSSR count). The van der Waals surface area contributed by atoms with Crippen LogP contribution in [0.15, 0.2) is 24.3 Å². The monoisotopic (exact) mass is 217 g/mol. The molecular weight excluding hydrogens is 205 g/mol. The molecule has 0 amide bonds. The highest BCUT2D eigenvalue weighted by Gasteiger charge is 2.24. The van der Waals surface area contributed by atoms with Gasteiger partial charge >= 0.3 is 0 Å². The Morgan fingerprint density at radius 2 is 2.14 bits per heavy atom. The third kappa shape index (κ3) is 1.99. The SMILES string of the molecule is Cl.NC1CC(CF)Oc2ccccc21. The molecule has 1 aromatic rings. The van der Waals surface area contributed by atoms with Gasteiger partial charge in [-0.1, -0.05) is 18.2 Å². The first-order valence-corrected chi connectivity index (χ1v) is 4.38. The molecule has 0 radical (unpaired) electrons. The van der Waals surface area contributed by atoms with E-state index in [0.717, 1.165) is 11.3 Å². The van der Waals surface area contributed by atoms with E-state index in [-0.39, 0.29) is 24.6 Å². The Morgan fingerprint density at radius 3 is 2.86 bits per heavy atom. The van der Waals surface area contributed by atoms with E-state index >= 15 is 0 Å². The number of alkyl halides is 1. The van der Waals surface area contributed by atoms with Crippen LogP contribution in [-0.4, -0.2) is 12.8 Å². The predicted molar refractivity (Wildman–Crippen MR) is 55.6 cm³/mol. The van der Waals surface area contributed by atoms with Gasteiger partial charge in [0.15, 0.2) is 0 Å². The summed E-state index contributed by atoms with van der Waals surface area (Å²) in [6.07, 6.45) is 0.193. The molecule has 0 spiro atoms. The number of fused-ring (bicyclic) bond motifs is 1. The number of rotatable bonds is 1. The van der Waals surface area contributed by atoms with Crippen LogP contribution in [0.1, 0.15) is 18.0 Å². The van der Waals surface area contributed by atoms with E-state index < -0.39 is 6.67 Å². The van der Waals surface area contributed by atoms with Crippen molar-refractivity contribution in [3.05, 3.63) is 29.8 Å². The van der Waals surface area contributed by atoms with Crippen LogP contribution in [0.2, 0.25) is 0 Å². The smallest absolute Gasteiger partial charge is 0.129 e. The number of benzene rings is 1. The molecule has 14 heavy (non-hydrogen) atoms. The van der Waals surface area contributed by atoms with Gasteiger partial charge in [-0.25, -0.2) is 4.39 Å². The van der Waals surface area contributed by atoms with Crippen LogP contribution in [0.3, 0.4) is 0 Å². The molecule has 2 unspecified atom stereocenters. The fourth-order valence-electron chi connectivity index (χ4n) is 1.63. The molecule has 0 aromatic heterocycles. The number of para-hydroxylation sites is 1. The highest BCUT2D eigenvalue weighted by atomic mass is 35.5. The molecule has 1 aliphatic heterocycles. The quantitative estimate of drug-likeness (QED) is 0.783. The maximum absolute atomic E-state index is 12.4. The molecule has 0 aliphatic carbocycles. The Kier molecular flexibility index (Phi) is 3.72. The van der Waals surface area contributed by atoms with Crippen molar-refractivity contribution >= 4 is 12.4 Å². The van der Waals surface area contributed by atoms with Crippen molar-refractivity contribution in [2.75, 3.05) is 6.67 Å². The fourth-order valence-corrected chi connectivity index (χ4v) is 1.63. The third-order valence-corrected chi connectivity index (χ3v) is 2.30. The molecule has 0 saturated carbocycles. The van der Waals surface area contributed by atoms with Crippen LogP contribution < -0.4 is 10.5 Å². The van der Waals surface area contributed by atoms with Crippen molar-refractivity contribution < 1.29 is 9.13 Å². The molecule has 2 N–H and O–H groups in total. The largest absolute Gasteiger partial charge is 0.487 e. The second-order valence-electron chi connectivity index (χ2n) is 3.27. The van der Waals surface area contributed by atoms with Crippen LogP contribution in [0.5, 0.6) is 5.75 Å². The van der Waals surface area contributed by atoms with E-state index in [1.54, 1.807) is 0 Å². The van der Waals surface area contributed by atoms with Crippen molar-refractivity contribution in [1.82, 2.24) is 0 Å². The molecule has 1 aromatic carbocycles. The Labute approximate surface area is 88.7 Å². The molecule has 1 aliphatic rings. The van der Waals surface area contributed by atoms with Crippen LogP contribution in [0.25, 0.3) is 0 Å². The Bertz CT molecular complexity index is 308. The van der Waals surface area contributed by atoms with E-state index in [1.807, 2.05) is 24.3 Å². The number of hydrogen-bond donors (Lipinski definition) is 1. The second kappa shape index (κ2) is 4.62. The highest BCUT2D eigenvalue weighted by molar-refractivity contribution is 5.85. The van der Waals surface area contributed by atoms with E-state index in [2.05, 4.69) is 0 Å². The topological polar surface area (TPSA) is 35.2 Å². The molecule has 0 bridgehead atoms. The van der Waals surface area contributed by atoms with Crippen molar-refractivity contribution in [1.29, 1.82) is 0 Å². The lowest BCUT2D eigenvalue weighted by atomic mass is 9.98. The summed E-state index contributed by atoms with van der Waals surface area (Å²) in [4.78, 5) is 0. The summed E-state index contributed by atoms with van der Waals surface area (Å²) < 4.78 is 17.8. The van der Waals surface area contributed by atoms with Crippen molar-refractivity contribution in [2.45, 2.75) is 18.6 Å². The lowest BCUT2D eigenvalue weighted by molar-refractivity contribution is 0.129. The summed E-state index contributed by atoms with van der Waals surface area (Å²) in [6, 6.07) is 7.45. The van der Waals surface area contributed by atoms with Crippen molar-refractivity contribution in [2.24, 2.45) is 5.73 Å². The van der Waals surface area contributed by atoms with Gasteiger partial charge in [0, 0.05) is 18.0 Å². The summed E-state index contributed by atoms with van der Waals surface area (Å²) in [6.45, 7) is -0.470. The fraction of sp³-hybridized carbons (Fsp3) is 0.400. The zero-order valence-electron chi connectivity index (χ0n) is 7.65. The summed E-state index contributed by atoms with van der Waals surface area (Å²) >= 11 is 0. The summed E-state index contributed by atoms with van der Waals surface area (Å²) in [5.74, 6) is 0.726. The van der Waals surface area contributed by atoms with Gasteiger partial charge in [-0.15, -0.1) is 12.4 Å². The highest BCUT2D eigenvalue weighted by Crippen LogP contribution is 2.32. The summed E-state index contributed by atoms with van der Waals surface area (Å²) in [5.41, 5.74) is 6.84. The molecule has 0 saturated heterocycles. The van der Waals surface area contributed by atoms with Gasteiger partial charge in [0.1, 0.15) is 18.5 Å². The minimum Gasteiger partial charge on any atom is -0.487 e. The zero-order valence-corrected chi connectivity index (χ0v) is 8.47. The predicted octanol–water partition coefficient (Wildman–Crippen LogP) is 2.23. The molecule has 78 valence electrons. The summed E-state index contributed by atoms with van der Waals surface area (Å²) in [5, 5.41) is 0. The first kappa shape index (κ1) is 11.3. The molecule has 1 heterocycles. The van der Waals surface area contributed by atoms with Gasteiger partial charge in [-0.3, -0.25) is 0 Å². The first-order chi connectivity index (χ1) is 6.31. The Balaban J connectivity index is 0.000000980. The van der Waals surface area contributed by atoms with Gasteiger partial charge in [0.25, 0.3) is 0 Å². The number of halogens is 2. The van der Waals surface area contributed by atoms with E-state index in [0.29, 0.717) is 6.42 Å². The van der Waals surface area contributed by atoms with Gasteiger partial charge in [-0.05, 0) is 6.07 Å². The number of nitrogens with two attached hydrogens (primary N) is 1. The molecule has 0 fully saturated rings. The minimum absolute atomic E-state index is 0. The van der Waals surface area contributed by atoms with Gasteiger partial charge in [-0.2, -0.15) is 0 Å². The van der Waals surface area contributed by atoms with Gasteiger partial charge < -0.3 is 10.5 Å². The van der Waals surface area contributed by atoms with E-state index in [9.17, 15) is 4.39 Å². The van der Waals surface area contributed by atoms with Crippen LogP contribution in [0.4, 0.5) is 4.39 Å². The lowest BCUT2D eigenvalue weighted by Crippen LogP contribution is -2.30. The van der Waals surface area contributed by atoms with Gasteiger partial charge in [0.05, 0.1) is 0 Å². The number of hydrogen-bond acceptors (Lipinski definition) is 2. The molecule has 2 nitrogen and oxygen atoms in total. The van der Waals surface area contributed by atoms with Crippen molar-refractivity contribution in [3.63, 3.8) is 0 Å². The maximum Gasteiger partial charge on any atom is 0.129 e. The average molecular weight is 218 g/mol. The lowest BCUT2D eigenvalue weighted by Gasteiger charge is -2.28. The normalized spacial score (nSPS) is 24.4. The molecular formula is C10H13ClFNO. The summed E-state index contributed by atoms with van der Waals surface area (Å²) in [7, 11) is 0. The third-order valence-electron chi connectivity index (χ3n) is 2.30. The van der Waals surface area contributed by atoms with Crippen LogP contribution in [0, 0.1) is 0 Å². The van der Waals surface area contributed by atoms with Crippen LogP contribution in [-0.2, 0) is 0 Å². The minimum atomic E-state index is -0.470. The van der Waals surface area contributed by atoms with Crippen LogP contribution >= 0.6 is 12.4 Å². The van der Waals surface area contributed by atoms with E-state index in [4.69, 9.17) is 10.5 Å². The molecule has 4 heteroatoms. The zero-order chi connectivity index (χ0) is 9.26. The number of ether oxygens (including phenoxy) is 1. The standard InChI is InChI=1S/C10H12FNO.ClH/c11-6-7-5-9(12)8-3-1-2-4-10(8)13-7;/h1-4,7,9H,5-6,12H2;1H. The first-order valence-electron chi connectivity index (χ1n) is 4.38. The molecule has 2 atom stereocenters. The Morgan fingerprint density at radius 1 is 1.43 bits per heavy atom. The van der Waals surface area contributed by atoms with E-state index in [1.165, 1.54) is 0 Å². The van der Waals surface area contributed by atoms with Gasteiger partial charge in [0.2, 0.25) is 0 Å².